The molecule has 0 amide bonds. The Hall–Kier alpha value is -3.28. The molecular formula is C20H10F4N2. The first-order valence-electron chi connectivity index (χ1n) is 7.72. The molecule has 1 aromatic heterocycles. The molecule has 1 heterocycles. The van der Waals surface area contributed by atoms with Crippen LogP contribution in [-0.4, -0.2) is 10.2 Å². The fraction of sp³-hybridized carbons (Fsp3) is 0. The molecular weight excluding hydrogens is 344 g/mol. The summed E-state index contributed by atoms with van der Waals surface area (Å²) in [6.45, 7) is 0. The Bertz CT molecular complexity index is 1020. The van der Waals surface area contributed by atoms with Gasteiger partial charge in [0.15, 0.2) is 23.3 Å². The third-order valence-corrected chi connectivity index (χ3v) is 4.09. The first-order valence-corrected chi connectivity index (χ1v) is 7.72. The molecule has 0 aliphatic rings. The summed E-state index contributed by atoms with van der Waals surface area (Å²) in [6.07, 6.45) is 0. The molecule has 0 spiro atoms. The zero-order valence-electron chi connectivity index (χ0n) is 13.2. The topological polar surface area (TPSA) is 25.8 Å². The van der Waals surface area contributed by atoms with Crippen LogP contribution in [0.5, 0.6) is 0 Å². The Morgan fingerprint density at radius 1 is 0.462 bits per heavy atom. The highest BCUT2D eigenvalue weighted by atomic mass is 19.2. The molecule has 0 atom stereocenters. The Labute approximate surface area is 145 Å². The molecule has 4 aromatic rings. The standard InChI is InChI=1S/C20H10F4N2/c21-15-13-14(16(22)18(24)17(15)23)20(12-9-5-2-6-10-12)26-25-19(13)11-7-3-1-4-8-11/h1-10H. The number of benzene rings is 3. The van der Waals surface area contributed by atoms with E-state index in [0.717, 1.165) is 0 Å². The lowest BCUT2D eigenvalue weighted by molar-refractivity contribution is 0.418. The van der Waals surface area contributed by atoms with Crippen molar-refractivity contribution in [1.29, 1.82) is 0 Å². The number of rotatable bonds is 2. The van der Waals surface area contributed by atoms with Crippen LogP contribution in [0.3, 0.4) is 0 Å². The van der Waals surface area contributed by atoms with Crippen molar-refractivity contribution in [3.05, 3.63) is 83.9 Å². The average Bonchev–Trinajstić information content (AvgIpc) is 2.71. The maximum Gasteiger partial charge on any atom is 0.198 e. The second-order valence-corrected chi connectivity index (χ2v) is 5.64. The summed E-state index contributed by atoms with van der Waals surface area (Å²) in [4.78, 5) is 0. The first kappa shape index (κ1) is 16.2. The van der Waals surface area contributed by atoms with Crippen molar-refractivity contribution in [1.82, 2.24) is 10.2 Å². The summed E-state index contributed by atoms with van der Waals surface area (Å²) >= 11 is 0. The molecule has 0 unspecified atom stereocenters. The Kier molecular flexibility index (Phi) is 3.88. The Morgan fingerprint density at radius 2 is 0.808 bits per heavy atom. The molecule has 0 saturated heterocycles. The molecule has 0 bridgehead atoms. The highest BCUT2D eigenvalue weighted by Gasteiger charge is 2.27. The summed E-state index contributed by atoms with van der Waals surface area (Å²) in [5.74, 6) is -6.74. The highest BCUT2D eigenvalue weighted by Crippen LogP contribution is 2.37. The summed E-state index contributed by atoms with van der Waals surface area (Å²) in [5.41, 5.74) is 0.703. The fourth-order valence-electron chi connectivity index (χ4n) is 2.87. The predicted octanol–water partition coefficient (Wildman–Crippen LogP) is 5.52. The van der Waals surface area contributed by atoms with Crippen molar-refractivity contribution < 1.29 is 17.6 Å². The van der Waals surface area contributed by atoms with Gasteiger partial charge in [-0.2, -0.15) is 0 Å². The first-order chi connectivity index (χ1) is 12.6. The largest absolute Gasteiger partial charge is 0.203 e. The number of nitrogens with zero attached hydrogens (tertiary/aromatic N) is 2. The van der Waals surface area contributed by atoms with Gasteiger partial charge < -0.3 is 0 Å². The van der Waals surface area contributed by atoms with Crippen molar-refractivity contribution in [2.24, 2.45) is 0 Å². The van der Waals surface area contributed by atoms with Gasteiger partial charge in [-0.15, -0.1) is 10.2 Å². The van der Waals surface area contributed by atoms with E-state index in [1.54, 1.807) is 60.7 Å². The van der Waals surface area contributed by atoms with Gasteiger partial charge in [-0.05, 0) is 0 Å². The average molecular weight is 354 g/mol. The van der Waals surface area contributed by atoms with Crippen LogP contribution < -0.4 is 0 Å². The molecule has 0 aliphatic heterocycles. The maximum atomic E-state index is 14.6. The number of aromatic nitrogens is 2. The molecule has 26 heavy (non-hydrogen) atoms. The van der Waals surface area contributed by atoms with E-state index in [-0.39, 0.29) is 11.4 Å². The van der Waals surface area contributed by atoms with E-state index >= 15 is 0 Å². The minimum absolute atomic E-state index is 0.0596. The quantitative estimate of drug-likeness (QED) is 0.269. The monoisotopic (exact) mass is 354 g/mol. The van der Waals surface area contributed by atoms with E-state index in [1.165, 1.54) is 0 Å². The summed E-state index contributed by atoms with van der Waals surface area (Å²) in [6, 6.07) is 16.5. The minimum atomic E-state index is -1.88. The lowest BCUT2D eigenvalue weighted by atomic mass is 9.99. The summed E-state index contributed by atoms with van der Waals surface area (Å²) in [7, 11) is 0. The van der Waals surface area contributed by atoms with Gasteiger partial charge in [0, 0.05) is 11.1 Å². The normalized spacial score (nSPS) is 11.1. The van der Waals surface area contributed by atoms with Crippen molar-refractivity contribution in [3.8, 4) is 22.5 Å². The van der Waals surface area contributed by atoms with Crippen LogP contribution in [0, 0.1) is 23.3 Å². The second-order valence-electron chi connectivity index (χ2n) is 5.64. The van der Waals surface area contributed by atoms with Gasteiger partial charge in [-0.25, -0.2) is 17.6 Å². The maximum absolute atomic E-state index is 14.6. The molecule has 2 nitrogen and oxygen atoms in total. The van der Waals surface area contributed by atoms with Gasteiger partial charge in [0.25, 0.3) is 0 Å². The smallest absolute Gasteiger partial charge is 0.198 e. The van der Waals surface area contributed by atoms with Gasteiger partial charge in [0.2, 0.25) is 0 Å². The molecule has 0 radical (unpaired) electrons. The SMILES string of the molecule is Fc1c(F)c(F)c2c(-c3ccccc3)nnc(-c3ccccc3)c2c1F. The van der Waals surface area contributed by atoms with Crippen LogP contribution in [0.15, 0.2) is 60.7 Å². The minimum Gasteiger partial charge on any atom is -0.203 e. The Morgan fingerprint density at radius 3 is 1.15 bits per heavy atom. The van der Waals surface area contributed by atoms with Gasteiger partial charge >= 0.3 is 0 Å². The van der Waals surface area contributed by atoms with E-state index in [9.17, 15) is 17.6 Å². The molecule has 0 N–H and O–H groups in total. The zero-order valence-corrected chi connectivity index (χ0v) is 13.2. The molecule has 4 rings (SSSR count). The van der Waals surface area contributed by atoms with E-state index in [2.05, 4.69) is 10.2 Å². The van der Waals surface area contributed by atoms with Crippen LogP contribution in [-0.2, 0) is 0 Å². The third kappa shape index (κ3) is 2.42. The molecule has 0 fully saturated rings. The van der Waals surface area contributed by atoms with Crippen LogP contribution in [0.1, 0.15) is 0 Å². The number of halogens is 4. The molecule has 128 valence electrons. The van der Waals surface area contributed by atoms with Crippen LogP contribution in [0.4, 0.5) is 17.6 Å². The highest BCUT2D eigenvalue weighted by molar-refractivity contribution is 6.02. The van der Waals surface area contributed by atoms with Gasteiger partial charge in [0.1, 0.15) is 11.4 Å². The summed E-state index contributed by atoms with van der Waals surface area (Å²) in [5, 5.41) is 7.07. The van der Waals surface area contributed by atoms with Gasteiger partial charge in [0.05, 0.1) is 10.8 Å². The van der Waals surface area contributed by atoms with E-state index in [4.69, 9.17) is 0 Å². The number of fused-ring (bicyclic) bond motifs is 1. The summed E-state index contributed by atoms with van der Waals surface area (Å²) < 4.78 is 57.1. The third-order valence-electron chi connectivity index (χ3n) is 4.09. The van der Waals surface area contributed by atoms with Crippen molar-refractivity contribution in [3.63, 3.8) is 0 Å². The van der Waals surface area contributed by atoms with E-state index < -0.39 is 34.0 Å². The van der Waals surface area contributed by atoms with Crippen molar-refractivity contribution in [2.75, 3.05) is 0 Å². The van der Waals surface area contributed by atoms with Crippen LogP contribution in [0.2, 0.25) is 0 Å². The lowest BCUT2D eigenvalue weighted by Gasteiger charge is -2.12. The van der Waals surface area contributed by atoms with Crippen LogP contribution in [0.25, 0.3) is 33.3 Å². The molecule has 0 saturated carbocycles. The fourth-order valence-corrected chi connectivity index (χ4v) is 2.87. The van der Waals surface area contributed by atoms with Gasteiger partial charge in [-0.1, -0.05) is 60.7 Å². The zero-order chi connectivity index (χ0) is 18.3. The van der Waals surface area contributed by atoms with E-state index in [1.807, 2.05) is 0 Å². The molecule has 3 aromatic carbocycles. The number of hydrogen-bond acceptors (Lipinski definition) is 2. The van der Waals surface area contributed by atoms with E-state index in [0.29, 0.717) is 11.1 Å². The van der Waals surface area contributed by atoms with Crippen LogP contribution >= 0.6 is 0 Å². The second kappa shape index (κ2) is 6.22. The Balaban J connectivity index is 2.18. The number of hydrogen-bond donors (Lipinski definition) is 0. The van der Waals surface area contributed by atoms with Gasteiger partial charge in [-0.3, -0.25) is 0 Å². The van der Waals surface area contributed by atoms with Crippen molar-refractivity contribution >= 4 is 10.8 Å². The molecule has 0 aliphatic carbocycles. The lowest BCUT2D eigenvalue weighted by Crippen LogP contribution is -2.04. The predicted molar refractivity (Wildman–Crippen MR) is 90.2 cm³/mol. The molecule has 6 heteroatoms. The van der Waals surface area contributed by atoms with Crippen molar-refractivity contribution in [2.45, 2.75) is 0 Å².